The molecule has 2 amide bonds. The molecule has 142 valence electrons. The van der Waals surface area contributed by atoms with Gasteiger partial charge in [-0.3, -0.25) is 4.98 Å². The second-order valence-corrected chi connectivity index (χ2v) is 7.03. The highest BCUT2D eigenvalue weighted by molar-refractivity contribution is 5.99. The minimum atomic E-state index is -0.237. The summed E-state index contributed by atoms with van der Waals surface area (Å²) in [6.07, 6.45) is 4.26. The zero-order chi connectivity index (χ0) is 18.9. The van der Waals surface area contributed by atoms with Crippen molar-refractivity contribution >= 4 is 22.6 Å². The van der Waals surface area contributed by atoms with Gasteiger partial charge in [0.2, 0.25) is 0 Å². The van der Waals surface area contributed by atoms with E-state index in [0.29, 0.717) is 25.4 Å². The van der Waals surface area contributed by atoms with E-state index in [0.717, 1.165) is 41.7 Å². The summed E-state index contributed by atoms with van der Waals surface area (Å²) < 4.78 is 11.6. The molecule has 6 nitrogen and oxygen atoms in total. The van der Waals surface area contributed by atoms with Gasteiger partial charge in [0.15, 0.2) is 0 Å². The summed E-state index contributed by atoms with van der Waals surface area (Å²) in [4.78, 5) is 16.8. The maximum absolute atomic E-state index is 12.4. The van der Waals surface area contributed by atoms with Crippen molar-refractivity contribution in [3.05, 3.63) is 59.3 Å². The molecule has 0 saturated carbocycles. The fourth-order valence-corrected chi connectivity index (χ4v) is 4.02. The molecule has 0 saturated heterocycles. The Morgan fingerprint density at radius 2 is 2.00 bits per heavy atom. The van der Waals surface area contributed by atoms with Crippen LogP contribution in [0.25, 0.3) is 10.9 Å². The smallest absolute Gasteiger partial charge is 0.319 e. The lowest BCUT2D eigenvalue weighted by Crippen LogP contribution is -2.30. The molecule has 3 heterocycles. The predicted octanol–water partition coefficient (Wildman–Crippen LogP) is 3.47. The summed E-state index contributed by atoms with van der Waals surface area (Å²) in [5, 5.41) is 6.85. The fraction of sp³-hybridized carbons (Fsp3) is 0.273. The number of urea groups is 1. The summed E-state index contributed by atoms with van der Waals surface area (Å²) in [6, 6.07) is 11.5. The number of anilines is 1. The zero-order valence-corrected chi connectivity index (χ0v) is 15.5. The summed E-state index contributed by atoms with van der Waals surface area (Å²) in [5.74, 6) is 1.97. The van der Waals surface area contributed by atoms with E-state index in [1.165, 1.54) is 16.7 Å². The molecule has 2 aromatic carbocycles. The van der Waals surface area contributed by atoms with E-state index < -0.39 is 0 Å². The molecule has 6 heteroatoms. The summed E-state index contributed by atoms with van der Waals surface area (Å²) in [5.41, 5.74) is 5.09. The number of rotatable bonds is 4. The average molecular weight is 375 g/mol. The van der Waals surface area contributed by atoms with Gasteiger partial charge < -0.3 is 20.1 Å². The van der Waals surface area contributed by atoms with Crippen molar-refractivity contribution in [1.82, 2.24) is 10.3 Å². The first-order chi connectivity index (χ1) is 13.8. The number of carbonyl (C=O) groups is 1. The molecule has 0 radical (unpaired) electrons. The Hall–Kier alpha value is -3.28. The molecule has 5 rings (SSSR count). The molecule has 3 aromatic rings. The van der Waals surface area contributed by atoms with Crippen LogP contribution < -0.4 is 20.1 Å². The Bertz CT molecular complexity index is 1030. The van der Waals surface area contributed by atoms with Gasteiger partial charge in [-0.15, -0.1) is 0 Å². The standard InChI is InChI=1S/C22H21N3O3/c26-22(25-18-5-1-3-14-4-2-9-23-20(14)18)24-10-6-17-16-8-12-27-19(16)13-15-7-11-28-21(15)17/h1-5,9,13H,6-8,10-12H2,(H2,24,25,26). The van der Waals surface area contributed by atoms with Gasteiger partial charge in [0.25, 0.3) is 0 Å². The summed E-state index contributed by atoms with van der Waals surface area (Å²) in [7, 11) is 0. The highest BCUT2D eigenvalue weighted by Gasteiger charge is 2.26. The first kappa shape index (κ1) is 16.9. The normalized spacial score (nSPS) is 14.1. The van der Waals surface area contributed by atoms with Crippen LogP contribution in [0.4, 0.5) is 10.5 Å². The second-order valence-electron chi connectivity index (χ2n) is 7.03. The lowest BCUT2D eigenvalue weighted by atomic mass is 9.97. The molecule has 0 unspecified atom stereocenters. The van der Waals surface area contributed by atoms with Gasteiger partial charge in [-0.2, -0.15) is 0 Å². The number of para-hydroxylation sites is 1. The number of hydrogen-bond donors (Lipinski definition) is 2. The molecule has 0 bridgehead atoms. The molecular formula is C22H21N3O3. The van der Waals surface area contributed by atoms with Gasteiger partial charge >= 0.3 is 6.03 Å². The number of nitrogens with zero attached hydrogens (tertiary/aromatic N) is 1. The number of ether oxygens (including phenoxy) is 2. The monoisotopic (exact) mass is 375 g/mol. The van der Waals surface area contributed by atoms with Crippen LogP contribution in [0.1, 0.15) is 16.7 Å². The van der Waals surface area contributed by atoms with Crippen LogP contribution in [-0.4, -0.2) is 30.8 Å². The van der Waals surface area contributed by atoms with Gasteiger partial charge in [0, 0.05) is 47.7 Å². The minimum absolute atomic E-state index is 0.237. The Kier molecular flexibility index (Phi) is 4.24. The number of aromatic nitrogens is 1. The minimum Gasteiger partial charge on any atom is -0.493 e. The average Bonchev–Trinajstić information content (AvgIpc) is 3.37. The van der Waals surface area contributed by atoms with Crippen molar-refractivity contribution in [1.29, 1.82) is 0 Å². The van der Waals surface area contributed by atoms with E-state index in [4.69, 9.17) is 9.47 Å². The molecular weight excluding hydrogens is 354 g/mol. The molecule has 0 fully saturated rings. The maximum Gasteiger partial charge on any atom is 0.319 e. The molecule has 1 aromatic heterocycles. The molecule has 2 N–H and O–H groups in total. The first-order valence-electron chi connectivity index (χ1n) is 9.61. The van der Waals surface area contributed by atoms with Crippen LogP contribution in [0, 0.1) is 0 Å². The third kappa shape index (κ3) is 3.01. The number of carbonyl (C=O) groups excluding carboxylic acids is 1. The van der Waals surface area contributed by atoms with Gasteiger partial charge in [0.1, 0.15) is 11.5 Å². The fourth-order valence-electron chi connectivity index (χ4n) is 4.02. The Balaban J connectivity index is 1.27. The largest absolute Gasteiger partial charge is 0.493 e. The predicted molar refractivity (Wildman–Crippen MR) is 107 cm³/mol. The molecule has 0 aliphatic carbocycles. The summed E-state index contributed by atoms with van der Waals surface area (Å²) in [6.45, 7) is 1.96. The van der Waals surface area contributed by atoms with Crippen LogP contribution in [0.2, 0.25) is 0 Å². The topological polar surface area (TPSA) is 72.5 Å². The molecule has 0 spiro atoms. The van der Waals surface area contributed by atoms with E-state index >= 15 is 0 Å². The first-order valence-corrected chi connectivity index (χ1v) is 9.61. The number of pyridine rings is 1. The van der Waals surface area contributed by atoms with Crippen LogP contribution in [0.3, 0.4) is 0 Å². The highest BCUT2D eigenvalue weighted by atomic mass is 16.5. The van der Waals surface area contributed by atoms with E-state index in [1.807, 2.05) is 30.3 Å². The Labute approximate surface area is 162 Å². The number of fused-ring (bicyclic) bond motifs is 3. The third-order valence-electron chi connectivity index (χ3n) is 5.30. The van der Waals surface area contributed by atoms with Gasteiger partial charge in [-0.1, -0.05) is 18.2 Å². The maximum atomic E-state index is 12.4. The third-order valence-corrected chi connectivity index (χ3v) is 5.30. The molecule has 2 aliphatic heterocycles. The van der Waals surface area contributed by atoms with Gasteiger partial charge in [-0.05, 0) is 24.6 Å². The van der Waals surface area contributed by atoms with E-state index in [2.05, 4.69) is 21.7 Å². The van der Waals surface area contributed by atoms with E-state index in [1.54, 1.807) is 6.20 Å². The van der Waals surface area contributed by atoms with Crippen molar-refractivity contribution in [2.24, 2.45) is 0 Å². The highest BCUT2D eigenvalue weighted by Crippen LogP contribution is 2.40. The number of hydrogen-bond acceptors (Lipinski definition) is 4. The number of benzene rings is 2. The van der Waals surface area contributed by atoms with Crippen molar-refractivity contribution in [2.75, 3.05) is 25.1 Å². The Morgan fingerprint density at radius 1 is 1.11 bits per heavy atom. The van der Waals surface area contributed by atoms with Crippen molar-refractivity contribution in [3.8, 4) is 11.5 Å². The van der Waals surface area contributed by atoms with Crippen LogP contribution >= 0.6 is 0 Å². The lowest BCUT2D eigenvalue weighted by molar-refractivity contribution is 0.252. The number of amides is 2. The van der Waals surface area contributed by atoms with Crippen molar-refractivity contribution < 1.29 is 14.3 Å². The zero-order valence-electron chi connectivity index (χ0n) is 15.5. The van der Waals surface area contributed by atoms with Crippen molar-refractivity contribution in [2.45, 2.75) is 19.3 Å². The quantitative estimate of drug-likeness (QED) is 0.732. The van der Waals surface area contributed by atoms with Crippen LogP contribution in [0.5, 0.6) is 11.5 Å². The van der Waals surface area contributed by atoms with E-state index in [-0.39, 0.29) is 6.03 Å². The second kappa shape index (κ2) is 7.03. The van der Waals surface area contributed by atoms with Gasteiger partial charge in [-0.25, -0.2) is 4.79 Å². The SMILES string of the molecule is O=C(NCCc1c2c(cc3c1OCC3)OCC2)Nc1cccc2cccnc12. The number of nitrogens with one attached hydrogen (secondary N) is 2. The summed E-state index contributed by atoms with van der Waals surface area (Å²) >= 11 is 0. The van der Waals surface area contributed by atoms with E-state index in [9.17, 15) is 4.79 Å². The van der Waals surface area contributed by atoms with Crippen LogP contribution in [-0.2, 0) is 19.3 Å². The van der Waals surface area contributed by atoms with Crippen LogP contribution in [0.15, 0.2) is 42.6 Å². The molecule has 0 atom stereocenters. The molecule has 28 heavy (non-hydrogen) atoms. The lowest BCUT2D eigenvalue weighted by Gasteiger charge is -2.14. The Morgan fingerprint density at radius 3 is 2.96 bits per heavy atom. The van der Waals surface area contributed by atoms with Crippen molar-refractivity contribution in [3.63, 3.8) is 0 Å². The van der Waals surface area contributed by atoms with Gasteiger partial charge in [0.05, 0.1) is 24.4 Å². The molecule has 2 aliphatic rings.